The predicted octanol–water partition coefficient (Wildman–Crippen LogP) is 5.75. The van der Waals surface area contributed by atoms with Crippen LogP contribution >= 0.6 is 11.6 Å². The zero-order valence-corrected chi connectivity index (χ0v) is 18.5. The van der Waals surface area contributed by atoms with Gasteiger partial charge in [0, 0.05) is 18.0 Å². The molecule has 0 atom stereocenters. The Balaban J connectivity index is 1.79. The Bertz CT molecular complexity index is 1030. The molecule has 2 aromatic carbocycles. The number of anilines is 1. The van der Waals surface area contributed by atoms with Crippen LogP contribution in [-0.4, -0.2) is 23.6 Å². The third-order valence-corrected chi connectivity index (χ3v) is 4.52. The average Bonchev–Trinajstić information content (AvgIpc) is 2.76. The lowest BCUT2D eigenvalue weighted by molar-refractivity contribution is 0.102. The molecule has 7 heteroatoms. The van der Waals surface area contributed by atoms with Gasteiger partial charge in [0.2, 0.25) is 0 Å². The van der Waals surface area contributed by atoms with Crippen LogP contribution in [-0.2, 0) is 6.61 Å². The first-order chi connectivity index (χ1) is 15.0. The summed E-state index contributed by atoms with van der Waals surface area (Å²) in [4.78, 5) is 16.9. The van der Waals surface area contributed by atoms with Gasteiger partial charge in [-0.15, -0.1) is 0 Å². The summed E-state index contributed by atoms with van der Waals surface area (Å²) in [6.07, 6.45) is 3.34. The lowest BCUT2D eigenvalue weighted by Crippen LogP contribution is -2.15. The molecule has 0 unspecified atom stereocenters. The van der Waals surface area contributed by atoms with Gasteiger partial charge in [0.1, 0.15) is 6.61 Å². The Morgan fingerprint density at radius 1 is 1.06 bits per heavy atom. The summed E-state index contributed by atoms with van der Waals surface area (Å²) in [5.74, 6) is 1.18. The number of para-hydroxylation sites is 1. The second kappa shape index (κ2) is 10.7. The minimum atomic E-state index is -0.308. The van der Waals surface area contributed by atoms with E-state index in [1.54, 1.807) is 48.8 Å². The number of nitrogens with zero attached hydrogens (tertiary/aromatic N) is 1. The average molecular weight is 441 g/mol. The van der Waals surface area contributed by atoms with Crippen molar-refractivity contribution in [2.24, 2.45) is 0 Å². The van der Waals surface area contributed by atoms with Gasteiger partial charge in [0.05, 0.1) is 23.4 Å². The van der Waals surface area contributed by atoms with Crippen molar-refractivity contribution in [3.8, 4) is 17.2 Å². The molecule has 0 aliphatic carbocycles. The maximum absolute atomic E-state index is 12.9. The number of pyridine rings is 1. The lowest BCUT2D eigenvalue weighted by atomic mass is 10.1. The molecule has 1 N–H and O–H groups in total. The van der Waals surface area contributed by atoms with E-state index in [0.29, 0.717) is 46.7 Å². The molecule has 0 radical (unpaired) electrons. The number of rotatable bonds is 9. The summed E-state index contributed by atoms with van der Waals surface area (Å²) in [5.41, 5.74) is 1.91. The van der Waals surface area contributed by atoms with E-state index in [4.69, 9.17) is 25.8 Å². The Morgan fingerprint density at radius 2 is 1.84 bits per heavy atom. The third-order valence-electron chi connectivity index (χ3n) is 4.22. The van der Waals surface area contributed by atoms with Crippen molar-refractivity contribution in [2.75, 3.05) is 11.9 Å². The van der Waals surface area contributed by atoms with Gasteiger partial charge in [0.25, 0.3) is 5.91 Å². The van der Waals surface area contributed by atoms with Crippen LogP contribution in [0.5, 0.6) is 17.2 Å². The van der Waals surface area contributed by atoms with Crippen LogP contribution in [0.3, 0.4) is 0 Å². The van der Waals surface area contributed by atoms with Gasteiger partial charge in [-0.2, -0.15) is 0 Å². The first-order valence-corrected chi connectivity index (χ1v) is 10.4. The van der Waals surface area contributed by atoms with Gasteiger partial charge >= 0.3 is 0 Å². The number of aromatic nitrogens is 1. The standard InChI is InChI=1S/C24H25ClN2O4/c1-4-29-22-14-18(8-9-21(22)30-15-17-10-12-26-13-11-17)24(28)27-20-7-5-6-19(25)23(20)31-16(2)3/h5-14,16H,4,15H2,1-3H3,(H,27,28). The fraction of sp³-hybridized carbons (Fsp3) is 0.250. The van der Waals surface area contributed by atoms with E-state index >= 15 is 0 Å². The summed E-state index contributed by atoms with van der Waals surface area (Å²) in [5, 5.41) is 3.30. The van der Waals surface area contributed by atoms with Crippen molar-refractivity contribution in [1.82, 2.24) is 4.98 Å². The number of amides is 1. The van der Waals surface area contributed by atoms with Crippen LogP contribution in [0.15, 0.2) is 60.9 Å². The van der Waals surface area contributed by atoms with E-state index < -0.39 is 0 Å². The van der Waals surface area contributed by atoms with E-state index in [2.05, 4.69) is 10.3 Å². The lowest BCUT2D eigenvalue weighted by Gasteiger charge is -2.17. The Hall–Kier alpha value is -3.25. The van der Waals surface area contributed by atoms with E-state index in [1.165, 1.54) is 0 Å². The number of nitrogens with one attached hydrogen (secondary N) is 1. The van der Waals surface area contributed by atoms with Crippen molar-refractivity contribution in [3.05, 3.63) is 77.1 Å². The van der Waals surface area contributed by atoms with Gasteiger partial charge in [-0.3, -0.25) is 9.78 Å². The van der Waals surface area contributed by atoms with E-state index in [-0.39, 0.29) is 12.0 Å². The molecule has 0 aliphatic heterocycles. The smallest absolute Gasteiger partial charge is 0.255 e. The molecular weight excluding hydrogens is 416 g/mol. The van der Waals surface area contributed by atoms with E-state index in [1.807, 2.05) is 32.9 Å². The quantitative estimate of drug-likeness (QED) is 0.458. The minimum Gasteiger partial charge on any atom is -0.490 e. The molecule has 1 aromatic heterocycles. The zero-order chi connectivity index (χ0) is 22.2. The number of benzene rings is 2. The maximum atomic E-state index is 12.9. The normalized spacial score (nSPS) is 10.6. The van der Waals surface area contributed by atoms with Crippen molar-refractivity contribution < 1.29 is 19.0 Å². The van der Waals surface area contributed by atoms with E-state index in [0.717, 1.165) is 5.56 Å². The second-order valence-corrected chi connectivity index (χ2v) is 7.38. The van der Waals surface area contributed by atoms with Crippen molar-refractivity contribution in [1.29, 1.82) is 0 Å². The molecule has 0 spiro atoms. The van der Waals surface area contributed by atoms with Crippen molar-refractivity contribution >= 4 is 23.2 Å². The van der Waals surface area contributed by atoms with Crippen LogP contribution in [0, 0.1) is 0 Å². The van der Waals surface area contributed by atoms with Crippen molar-refractivity contribution in [3.63, 3.8) is 0 Å². The first-order valence-electron chi connectivity index (χ1n) is 10.0. The first kappa shape index (κ1) is 22.4. The topological polar surface area (TPSA) is 69.7 Å². The Kier molecular flexibility index (Phi) is 7.73. The highest BCUT2D eigenvalue weighted by molar-refractivity contribution is 6.32. The molecule has 162 valence electrons. The fourth-order valence-electron chi connectivity index (χ4n) is 2.83. The van der Waals surface area contributed by atoms with Gasteiger partial charge in [-0.25, -0.2) is 0 Å². The molecule has 1 amide bonds. The number of carbonyl (C=O) groups is 1. The Labute approximate surface area is 187 Å². The monoisotopic (exact) mass is 440 g/mol. The number of hydrogen-bond acceptors (Lipinski definition) is 5. The van der Waals surface area contributed by atoms with Crippen LogP contribution < -0.4 is 19.5 Å². The molecule has 0 fully saturated rings. The molecule has 3 rings (SSSR count). The SMILES string of the molecule is CCOc1cc(C(=O)Nc2cccc(Cl)c2OC(C)C)ccc1OCc1ccncc1. The van der Waals surface area contributed by atoms with Crippen LogP contribution in [0.1, 0.15) is 36.7 Å². The maximum Gasteiger partial charge on any atom is 0.255 e. The van der Waals surface area contributed by atoms with Crippen LogP contribution in [0.2, 0.25) is 5.02 Å². The molecule has 0 bridgehead atoms. The fourth-order valence-corrected chi connectivity index (χ4v) is 3.05. The van der Waals surface area contributed by atoms with Gasteiger partial charge in [-0.05, 0) is 68.8 Å². The third kappa shape index (κ3) is 6.12. The van der Waals surface area contributed by atoms with Crippen LogP contribution in [0.25, 0.3) is 0 Å². The second-order valence-electron chi connectivity index (χ2n) is 6.98. The van der Waals surface area contributed by atoms with Crippen LogP contribution in [0.4, 0.5) is 5.69 Å². The molecule has 1 heterocycles. The number of halogens is 1. The summed E-state index contributed by atoms with van der Waals surface area (Å²) in [6, 6.07) is 14.1. The molecule has 3 aromatic rings. The molecule has 0 saturated carbocycles. The highest BCUT2D eigenvalue weighted by Gasteiger charge is 2.16. The zero-order valence-electron chi connectivity index (χ0n) is 17.7. The summed E-state index contributed by atoms with van der Waals surface area (Å²) < 4.78 is 17.4. The van der Waals surface area contributed by atoms with E-state index in [9.17, 15) is 4.79 Å². The molecule has 0 aliphatic rings. The Morgan fingerprint density at radius 3 is 2.55 bits per heavy atom. The van der Waals surface area contributed by atoms with Crippen molar-refractivity contribution in [2.45, 2.75) is 33.5 Å². The largest absolute Gasteiger partial charge is 0.490 e. The summed E-state index contributed by atoms with van der Waals surface area (Å²) >= 11 is 6.26. The summed E-state index contributed by atoms with van der Waals surface area (Å²) in [6.45, 7) is 6.48. The van der Waals surface area contributed by atoms with Gasteiger partial charge in [0.15, 0.2) is 17.2 Å². The highest BCUT2D eigenvalue weighted by Crippen LogP contribution is 2.35. The minimum absolute atomic E-state index is 0.0862. The highest BCUT2D eigenvalue weighted by atomic mass is 35.5. The molecule has 31 heavy (non-hydrogen) atoms. The number of ether oxygens (including phenoxy) is 3. The van der Waals surface area contributed by atoms with Gasteiger partial charge in [-0.1, -0.05) is 17.7 Å². The predicted molar refractivity (Wildman–Crippen MR) is 121 cm³/mol. The molecule has 6 nitrogen and oxygen atoms in total. The number of carbonyl (C=O) groups excluding carboxylic acids is 1. The summed E-state index contributed by atoms with van der Waals surface area (Å²) in [7, 11) is 0. The molecular formula is C24H25ClN2O4. The van der Waals surface area contributed by atoms with Gasteiger partial charge < -0.3 is 19.5 Å². The molecule has 0 saturated heterocycles. The number of hydrogen-bond donors (Lipinski definition) is 1.